The van der Waals surface area contributed by atoms with Crippen molar-refractivity contribution in [2.45, 2.75) is 59.4 Å². The van der Waals surface area contributed by atoms with Gasteiger partial charge in [-0.2, -0.15) is 0 Å². The van der Waals surface area contributed by atoms with E-state index in [1.165, 1.54) is 24.1 Å². The van der Waals surface area contributed by atoms with Gasteiger partial charge in [0.2, 0.25) is 0 Å². The molecule has 1 aromatic heterocycles. The molecular formula is C17H25N3S. The Hall–Kier alpha value is -1.16. The second-order valence-corrected chi connectivity index (χ2v) is 8.02. The summed E-state index contributed by atoms with van der Waals surface area (Å²) in [4.78, 5) is 5.31. The first-order valence-electron chi connectivity index (χ1n) is 7.84. The van der Waals surface area contributed by atoms with Crippen LogP contribution in [0.1, 0.15) is 57.4 Å². The van der Waals surface area contributed by atoms with Crippen LogP contribution in [0.25, 0.3) is 0 Å². The van der Waals surface area contributed by atoms with Crippen molar-refractivity contribution in [1.82, 2.24) is 4.98 Å². The minimum atomic E-state index is 0.262. The molecule has 0 saturated heterocycles. The minimum absolute atomic E-state index is 0.262. The molecule has 2 aliphatic carbocycles. The number of fused-ring (bicyclic) bond motifs is 1. The van der Waals surface area contributed by atoms with Gasteiger partial charge < -0.3 is 11.1 Å². The smallest absolute Gasteiger partial charge is 0.136 e. The molecule has 0 aliphatic heterocycles. The number of hydrogen-bond acceptors (Lipinski definition) is 3. The van der Waals surface area contributed by atoms with Crippen LogP contribution in [0.4, 0.5) is 5.82 Å². The van der Waals surface area contributed by atoms with Crippen LogP contribution in [0, 0.1) is 10.8 Å². The zero-order chi connectivity index (χ0) is 15.4. The molecule has 0 amide bonds. The van der Waals surface area contributed by atoms with E-state index in [1.807, 2.05) is 0 Å². The number of nitrogens with one attached hydrogen (secondary N) is 1. The van der Waals surface area contributed by atoms with E-state index in [4.69, 9.17) is 22.9 Å². The molecule has 0 unspecified atom stereocenters. The predicted octanol–water partition coefficient (Wildman–Crippen LogP) is 3.44. The Morgan fingerprint density at radius 1 is 1.24 bits per heavy atom. The Morgan fingerprint density at radius 2 is 1.86 bits per heavy atom. The average molecular weight is 303 g/mol. The summed E-state index contributed by atoms with van der Waals surface area (Å²) in [5.41, 5.74) is 9.91. The molecule has 0 atom stereocenters. The largest absolute Gasteiger partial charge is 0.389 e. The highest BCUT2D eigenvalue weighted by Gasteiger charge is 2.65. The summed E-state index contributed by atoms with van der Waals surface area (Å²) in [6, 6.07) is 2.57. The third-order valence-electron chi connectivity index (χ3n) is 5.87. The molecule has 2 aliphatic rings. The average Bonchev–Trinajstić information content (AvgIpc) is 2.80. The molecule has 3 rings (SSSR count). The van der Waals surface area contributed by atoms with Gasteiger partial charge in [0.1, 0.15) is 10.8 Å². The van der Waals surface area contributed by atoms with E-state index in [0.717, 1.165) is 24.2 Å². The molecule has 0 spiro atoms. The van der Waals surface area contributed by atoms with E-state index in [0.29, 0.717) is 11.0 Å². The summed E-state index contributed by atoms with van der Waals surface area (Å²) >= 11 is 5.24. The van der Waals surface area contributed by atoms with Crippen LogP contribution >= 0.6 is 12.2 Å². The first kappa shape index (κ1) is 14.8. The van der Waals surface area contributed by atoms with Crippen molar-refractivity contribution in [3.8, 4) is 0 Å². The first-order valence-corrected chi connectivity index (χ1v) is 8.25. The summed E-state index contributed by atoms with van der Waals surface area (Å²) in [5.74, 6) is 0.881. The van der Waals surface area contributed by atoms with Gasteiger partial charge in [-0.1, -0.05) is 39.9 Å². The molecule has 1 aromatic rings. The Balaban J connectivity index is 1.96. The third-order valence-corrected chi connectivity index (χ3v) is 6.09. The molecule has 114 valence electrons. The Labute approximate surface area is 132 Å². The molecule has 0 bridgehead atoms. The van der Waals surface area contributed by atoms with Gasteiger partial charge in [-0.05, 0) is 48.1 Å². The molecule has 1 fully saturated rings. The van der Waals surface area contributed by atoms with Crippen molar-refractivity contribution in [1.29, 1.82) is 0 Å². The zero-order valence-electron chi connectivity index (χ0n) is 13.4. The number of aryl methyl sites for hydroxylation is 2. The van der Waals surface area contributed by atoms with Gasteiger partial charge in [0, 0.05) is 11.7 Å². The maximum Gasteiger partial charge on any atom is 0.136 e. The van der Waals surface area contributed by atoms with Gasteiger partial charge in [-0.3, -0.25) is 0 Å². The molecule has 3 N–H and O–H groups in total. The standard InChI is InChI=1S/C17H25N3S/c1-16(2)15(17(16,3)4)20-14-11(13(18)21)9-10-7-5-6-8-12(10)19-14/h9,15H,5-8H2,1-4H3,(H2,18,21)(H,19,20). The second-order valence-electron chi connectivity index (χ2n) is 7.58. The Morgan fingerprint density at radius 3 is 2.43 bits per heavy atom. The van der Waals surface area contributed by atoms with Crippen LogP contribution in [0.3, 0.4) is 0 Å². The Kier molecular flexibility index (Phi) is 3.28. The highest BCUT2D eigenvalue weighted by atomic mass is 32.1. The summed E-state index contributed by atoms with van der Waals surface area (Å²) in [5, 5.41) is 3.62. The molecule has 3 nitrogen and oxygen atoms in total. The number of aromatic nitrogens is 1. The van der Waals surface area contributed by atoms with Crippen LogP contribution in [-0.2, 0) is 12.8 Å². The van der Waals surface area contributed by atoms with E-state index in [1.54, 1.807) is 0 Å². The second kappa shape index (κ2) is 4.67. The van der Waals surface area contributed by atoms with Crippen LogP contribution in [0.2, 0.25) is 0 Å². The van der Waals surface area contributed by atoms with Crippen molar-refractivity contribution in [3.05, 3.63) is 22.9 Å². The maximum absolute atomic E-state index is 5.93. The normalized spacial score (nSPS) is 22.5. The van der Waals surface area contributed by atoms with Crippen molar-refractivity contribution in [2.75, 3.05) is 5.32 Å². The van der Waals surface area contributed by atoms with Crippen molar-refractivity contribution < 1.29 is 0 Å². The van der Waals surface area contributed by atoms with Gasteiger partial charge >= 0.3 is 0 Å². The molecule has 4 heteroatoms. The van der Waals surface area contributed by atoms with Crippen LogP contribution in [0.5, 0.6) is 0 Å². The number of nitrogens with zero attached hydrogens (tertiary/aromatic N) is 1. The number of hydrogen-bond donors (Lipinski definition) is 2. The number of nitrogens with two attached hydrogens (primary N) is 1. The SMILES string of the molecule is CC1(C)C(Nc2nc3c(cc2C(N)=S)CCCC3)C1(C)C. The molecule has 21 heavy (non-hydrogen) atoms. The monoisotopic (exact) mass is 303 g/mol. The highest BCUT2D eigenvalue weighted by Crippen LogP contribution is 2.63. The molecule has 1 heterocycles. The van der Waals surface area contributed by atoms with E-state index in [-0.39, 0.29) is 10.8 Å². The molecule has 0 radical (unpaired) electrons. The molecule has 0 aromatic carbocycles. The van der Waals surface area contributed by atoms with Gasteiger partial charge in [0.15, 0.2) is 0 Å². The fraction of sp³-hybridized carbons (Fsp3) is 0.647. The van der Waals surface area contributed by atoms with Crippen molar-refractivity contribution in [3.63, 3.8) is 0 Å². The van der Waals surface area contributed by atoms with E-state index < -0.39 is 0 Å². The van der Waals surface area contributed by atoms with Gasteiger partial charge in [-0.15, -0.1) is 0 Å². The van der Waals surface area contributed by atoms with Gasteiger partial charge in [0.25, 0.3) is 0 Å². The van der Waals surface area contributed by atoms with Crippen molar-refractivity contribution in [2.24, 2.45) is 16.6 Å². The first-order chi connectivity index (χ1) is 9.75. The topological polar surface area (TPSA) is 50.9 Å². The minimum Gasteiger partial charge on any atom is -0.389 e. The molecular weight excluding hydrogens is 278 g/mol. The van der Waals surface area contributed by atoms with E-state index in [9.17, 15) is 0 Å². The predicted molar refractivity (Wildman–Crippen MR) is 91.7 cm³/mol. The lowest BCUT2D eigenvalue weighted by Crippen LogP contribution is -2.20. The lowest BCUT2D eigenvalue weighted by Gasteiger charge is -2.19. The highest BCUT2D eigenvalue weighted by molar-refractivity contribution is 7.80. The number of rotatable bonds is 3. The Bertz CT molecular complexity index is 590. The van der Waals surface area contributed by atoms with E-state index in [2.05, 4.69) is 39.1 Å². The zero-order valence-corrected chi connectivity index (χ0v) is 14.2. The number of pyridine rings is 1. The van der Waals surface area contributed by atoms with E-state index >= 15 is 0 Å². The summed E-state index contributed by atoms with van der Waals surface area (Å²) < 4.78 is 0. The fourth-order valence-corrected chi connectivity index (χ4v) is 3.78. The van der Waals surface area contributed by atoms with Crippen LogP contribution in [0.15, 0.2) is 6.07 Å². The summed E-state index contributed by atoms with van der Waals surface area (Å²) in [7, 11) is 0. The molecule has 1 saturated carbocycles. The summed E-state index contributed by atoms with van der Waals surface area (Å²) in [6.07, 6.45) is 4.63. The van der Waals surface area contributed by atoms with Gasteiger partial charge in [-0.25, -0.2) is 4.98 Å². The maximum atomic E-state index is 5.93. The summed E-state index contributed by atoms with van der Waals surface area (Å²) in [6.45, 7) is 9.18. The number of thiocarbonyl (C=S) groups is 1. The number of anilines is 1. The lowest BCUT2D eigenvalue weighted by atomic mass is 9.94. The van der Waals surface area contributed by atoms with Crippen molar-refractivity contribution >= 4 is 23.0 Å². The van der Waals surface area contributed by atoms with Crippen LogP contribution in [-0.4, -0.2) is 16.0 Å². The lowest BCUT2D eigenvalue weighted by molar-refractivity contribution is 0.457. The van der Waals surface area contributed by atoms with Crippen LogP contribution < -0.4 is 11.1 Å². The fourth-order valence-electron chi connectivity index (χ4n) is 3.63. The quantitative estimate of drug-likeness (QED) is 0.840. The van der Waals surface area contributed by atoms with Gasteiger partial charge in [0.05, 0.1) is 5.56 Å². The third kappa shape index (κ3) is 2.24.